The molecule has 102 valence electrons. The predicted molar refractivity (Wildman–Crippen MR) is 76.4 cm³/mol. The summed E-state index contributed by atoms with van der Waals surface area (Å²) in [5.74, 6) is 1.69. The lowest BCUT2D eigenvalue weighted by Gasteiger charge is -2.35. The molecule has 0 aromatic heterocycles. The number of hydrogen-bond donors (Lipinski definition) is 1. The third kappa shape index (κ3) is 5.39. The highest BCUT2D eigenvalue weighted by Crippen LogP contribution is 2.27. The van der Waals surface area contributed by atoms with Gasteiger partial charge in [0.25, 0.3) is 0 Å². The molecule has 1 saturated carbocycles. The smallest absolute Gasteiger partial charge is 0.0220 e. The van der Waals surface area contributed by atoms with Crippen molar-refractivity contribution in [1.29, 1.82) is 0 Å². The Labute approximate surface area is 108 Å². The maximum absolute atomic E-state index is 3.91. The zero-order chi connectivity index (χ0) is 12.8. The fourth-order valence-electron chi connectivity index (χ4n) is 2.97. The maximum atomic E-state index is 3.91. The Bertz CT molecular complexity index is 201. The fraction of sp³-hybridized carbons (Fsp3) is 1.00. The van der Waals surface area contributed by atoms with E-state index >= 15 is 0 Å². The van der Waals surface area contributed by atoms with Gasteiger partial charge in [0, 0.05) is 18.6 Å². The molecular formula is C15H32N2. The van der Waals surface area contributed by atoms with Gasteiger partial charge in [-0.05, 0) is 38.8 Å². The Balaban J connectivity index is 2.43. The van der Waals surface area contributed by atoms with Crippen LogP contribution < -0.4 is 5.32 Å². The van der Waals surface area contributed by atoms with Gasteiger partial charge in [-0.3, -0.25) is 0 Å². The highest BCUT2D eigenvalue weighted by atomic mass is 15.1. The summed E-state index contributed by atoms with van der Waals surface area (Å²) in [4.78, 5) is 2.30. The van der Waals surface area contributed by atoms with Gasteiger partial charge in [0.1, 0.15) is 0 Å². The van der Waals surface area contributed by atoms with Gasteiger partial charge >= 0.3 is 0 Å². The van der Waals surface area contributed by atoms with E-state index in [0.29, 0.717) is 6.04 Å². The quantitative estimate of drug-likeness (QED) is 0.767. The minimum atomic E-state index is 0.644. The number of rotatable bonds is 6. The molecule has 1 N–H and O–H groups in total. The number of hydrogen-bond acceptors (Lipinski definition) is 2. The molecule has 1 rings (SSSR count). The molecule has 1 aliphatic rings. The van der Waals surface area contributed by atoms with Crippen molar-refractivity contribution < 1.29 is 0 Å². The van der Waals surface area contributed by atoms with Gasteiger partial charge in [-0.1, -0.05) is 40.0 Å². The van der Waals surface area contributed by atoms with E-state index in [0.717, 1.165) is 24.4 Å². The second-order valence-corrected chi connectivity index (χ2v) is 6.42. The second kappa shape index (κ2) is 7.38. The topological polar surface area (TPSA) is 15.3 Å². The van der Waals surface area contributed by atoms with Crippen LogP contribution in [0.5, 0.6) is 0 Å². The molecule has 0 saturated heterocycles. The van der Waals surface area contributed by atoms with Crippen molar-refractivity contribution in [2.45, 2.75) is 65.0 Å². The SMILES string of the molecule is CCC1CCCC(NC(CN(C)C)C(C)C)C1. The summed E-state index contributed by atoms with van der Waals surface area (Å²) in [6.45, 7) is 8.17. The predicted octanol–water partition coefficient (Wildman–Crippen LogP) is 3.13. The molecule has 1 aliphatic carbocycles. The summed E-state index contributed by atoms with van der Waals surface area (Å²) >= 11 is 0. The first-order valence-electron chi connectivity index (χ1n) is 7.43. The standard InChI is InChI=1S/C15H32N2/c1-6-13-8-7-9-14(10-13)16-15(12(2)3)11-17(4)5/h12-16H,6-11H2,1-5H3. The summed E-state index contributed by atoms with van der Waals surface area (Å²) in [5.41, 5.74) is 0. The molecule has 1 fully saturated rings. The van der Waals surface area contributed by atoms with Gasteiger partial charge in [-0.25, -0.2) is 0 Å². The van der Waals surface area contributed by atoms with Crippen LogP contribution in [-0.2, 0) is 0 Å². The van der Waals surface area contributed by atoms with Crippen LogP contribution >= 0.6 is 0 Å². The van der Waals surface area contributed by atoms with Crippen LogP contribution in [-0.4, -0.2) is 37.6 Å². The van der Waals surface area contributed by atoms with E-state index in [1.165, 1.54) is 32.1 Å². The van der Waals surface area contributed by atoms with Gasteiger partial charge < -0.3 is 10.2 Å². The monoisotopic (exact) mass is 240 g/mol. The lowest BCUT2D eigenvalue weighted by atomic mass is 9.83. The van der Waals surface area contributed by atoms with Crippen molar-refractivity contribution in [3.8, 4) is 0 Å². The van der Waals surface area contributed by atoms with Crippen LogP contribution in [0.2, 0.25) is 0 Å². The van der Waals surface area contributed by atoms with Gasteiger partial charge in [0.05, 0.1) is 0 Å². The average Bonchev–Trinajstić information content (AvgIpc) is 2.27. The number of likely N-dealkylation sites (N-methyl/N-ethyl adjacent to an activating group) is 1. The average molecular weight is 240 g/mol. The van der Waals surface area contributed by atoms with Gasteiger partial charge in [-0.2, -0.15) is 0 Å². The number of nitrogens with one attached hydrogen (secondary N) is 1. The Morgan fingerprint density at radius 3 is 2.47 bits per heavy atom. The highest BCUT2D eigenvalue weighted by Gasteiger charge is 2.24. The summed E-state index contributed by atoms with van der Waals surface area (Å²) < 4.78 is 0. The molecular weight excluding hydrogens is 208 g/mol. The van der Waals surface area contributed by atoms with E-state index < -0.39 is 0 Å². The van der Waals surface area contributed by atoms with Crippen molar-refractivity contribution in [2.75, 3.05) is 20.6 Å². The normalized spacial score (nSPS) is 27.7. The van der Waals surface area contributed by atoms with Crippen molar-refractivity contribution >= 4 is 0 Å². The van der Waals surface area contributed by atoms with Crippen LogP contribution in [0.25, 0.3) is 0 Å². The van der Waals surface area contributed by atoms with Crippen LogP contribution in [0.4, 0.5) is 0 Å². The van der Waals surface area contributed by atoms with Crippen molar-refractivity contribution in [2.24, 2.45) is 11.8 Å². The van der Waals surface area contributed by atoms with Crippen molar-refractivity contribution in [1.82, 2.24) is 10.2 Å². The lowest BCUT2D eigenvalue weighted by molar-refractivity contribution is 0.216. The Morgan fingerprint density at radius 1 is 1.24 bits per heavy atom. The zero-order valence-corrected chi connectivity index (χ0v) is 12.5. The van der Waals surface area contributed by atoms with Gasteiger partial charge in [0.2, 0.25) is 0 Å². The molecule has 0 bridgehead atoms. The lowest BCUT2D eigenvalue weighted by Crippen LogP contribution is -2.48. The summed E-state index contributed by atoms with van der Waals surface area (Å²) in [6, 6.07) is 1.41. The molecule has 3 unspecified atom stereocenters. The van der Waals surface area contributed by atoms with Crippen LogP contribution in [0.1, 0.15) is 52.9 Å². The molecule has 0 spiro atoms. The molecule has 17 heavy (non-hydrogen) atoms. The molecule has 2 heteroatoms. The highest BCUT2D eigenvalue weighted by molar-refractivity contribution is 4.83. The van der Waals surface area contributed by atoms with E-state index in [1.54, 1.807) is 0 Å². The second-order valence-electron chi connectivity index (χ2n) is 6.42. The van der Waals surface area contributed by atoms with Gasteiger partial charge in [0.15, 0.2) is 0 Å². The first-order chi connectivity index (χ1) is 8.02. The van der Waals surface area contributed by atoms with E-state index in [1.807, 2.05) is 0 Å². The fourth-order valence-corrected chi connectivity index (χ4v) is 2.97. The summed E-state index contributed by atoms with van der Waals surface area (Å²) in [6.07, 6.45) is 7.01. The molecule has 0 amide bonds. The Morgan fingerprint density at radius 2 is 1.94 bits per heavy atom. The molecule has 0 aliphatic heterocycles. The number of nitrogens with zero attached hydrogens (tertiary/aromatic N) is 1. The molecule has 0 aromatic rings. The van der Waals surface area contributed by atoms with Crippen LogP contribution in [0.3, 0.4) is 0 Å². The minimum absolute atomic E-state index is 0.644. The third-order valence-corrected chi connectivity index (χ3v) is 4.18. The summed E-state index contributed by atoms with van der Waals surface area (Å²) in [7, 11) is 4.35. The first-order valence-corrected chi connectivity index (χ1v) is 7.43. The molecule has 0 radical (unpaired) electrons. The van der Waals surface area contributed by atoms with E-state index in [-0.39, 0.29) is 0 Å². The largest absolute Gasteiger partial charge is 0.310 e. The van der Waals surface area contributed by atoms with Crippen LogP contribution in [0, 0.1) is 11.8 Å². The van der Waals surface area contributed by atoms with Crippen LogP contribution in [0.15, 0.2) is 0 Å². The first kappa shape index (κ1) is 15.0. The zero-order valence-electron chi connectivity index (χ0n) is 12.5. The maximum Gasteiger partial charge on any atom is 0.0220 e. The third-order valence-electron chi connectivity index (χ3n) is 4.18. The van der Waals surface area contributed by atoms with E-state index in [9.17, 15) is 0 Å². The molecule has 3 atom stereocenters. The molecule has 0 aromatic carbocycles. The molecule has 2 nitrogen and oxygen atoms in total. The van der Waals surface area contributed by atoms with Gasteiger partial charge in [-0.15, -0.1) is 0 Å². The van der Waals surface area contributed by atoms with E-state index in [2.05, 4.69) is 45.1 Å². The van der Waals surface area contributed by atoms with Crippen molar-refractivity contribution in [3.05, 3.63) is 0 Å². The Hall–Kier alpha value is -0.0800. The minimum Gasteiger partial charge on any atom is -0.310 e. The van der Waals surface area contributed by atoms with Crippen molar-refractivity contribution in [3.63, 3.8) is 0 Å². The summed E-state index contributed by atoms with van der Waals surface area (Å²) in [5, 5.41) is 3.91. The van der Waals surface area contributed by atoms with E-state index in [4.69, 9.17) is 0 Å². The molecule has 0 heterocycles. The Kier molecular flexibility index (Phi) is 6.50.